The standard InChI is InChI=1S/C24H24N2O7S/c1-4-32-23-15-17(16-25-26-24(27)18-6-8-19(30-2)9-7-18)5-14-22(23)33-34(28,29)21-12-10-20(31-3)11-13-21/h5-16H,4H2,1-3H3,(H,26,27)/b25-16-. The van der Waals surface area contributed by atoms with Gasteiger partial charge in [0.25, 0.3) is 5.91 Å². The number of carbonyl (C=O) groups is 1. The highest BCUT2D eigenvalue weighted by atomic mass is 32.2. The molecule has 1 N–H and O–H groups in total. The highest BCUT2D eigenvalue weighted by Gasteiger charge is 2.19. The molecule has 3 aromatic rings. The number of hydrazone groups is 1. The first kappa shape index (κ1) is 24.6. The number of rotatable bonds is 10. The van der Waals surface area contributed by atoms with Crippen LogP contribution in [0.3, 0.4) is 0 Å². The van der Waals surface area contributed by atoms with E-state index in [1.165, 1.54) is 43.7 Å². The molecular formula is C24H24N2O7S. The number of benzene rings is 3. The zero-order chi connectivity index (χ0) is 24.6. The summed E-state index contributed by atoms with van der Waals surface area (Å²) in [5, 5.41) is 3.95. The zero-order valence-electron chi connectivity index (χ0n) is 18.8. The summed E-state index contributed by atoms with van der Waals surface area (Å²) in [6, 6.07) is 17.0. The maximum Gasteiger partial charge on any atom is 0.339 e. The average molecular weight is 485 g/mol. The van der Waals surface area contributed by atoms with E-state index in [0.29, 0.717) is 22.6 Å². The SMILES string of the molecule is CCOc1cc(/C=N\NC(=O)c2ccc(OC)cc2)ccc1OS(=O)(=O)c1ccc(OC)cc1. The molecule has 34 heavy (non-hydrogen) atoms. The van der Waals surface area contributed by atoms with Gasteiger partial charge in [-0.3, -0.25) is 4.79 Å². The first-order valence-electron chi connectivity index (χ1n) is 10.2. The van der Waals surface area contributed by atoms with Crippen molar-refractivity contribution in [3.63, 3.8) is 0 Å². The first-order chi connectivity index (χ1) is 16.4. The first-order valence-corrected chi connectivity index (χ1v) is 11.6. The Morgan fingerprint density at radius 3 is 2.12 bits per heavy atom. The third-order valence-corrected chi connectivity index (χ3v) is 5.80. The summed E-state index contributed by atoms with van der Waals surface area (Å²) < 4.78 is 46.3. The van der Waals surface area contributed by atoms with Gasteiger partial charge in [0.15, 0.2) is 11.5 Å². The van der Waals surface area contributed by atoms with Crippen LogP contribution in [0.4, 0.5) is 0 Å². The highest BCUT2D eigenvalue weighted by Crippen LogP contribution is 2.31. The molecule has 0 saturated carbocycles. The lowest BCUT2D eigenvalue weighted by Crippen LogP contribution is -2.17. The van der Waals surface area contributed by atoms with Gasteiger partial charge in [0.1, 0.15) is 16.4 Å². The van der Waals surface area contributed by atoms with Crippen LogP contribution in [0, 0.1) is 0 Å². The fraction of sp³-hybridized carbons (Fsp3) is 0.167. The van der Waals surface area contributed by atoms with Crippen molar-refractivity contribution in [2.45, 2.75) is 11.8 Å². The number of carbonyl (C=O) groups excluding carboxylic acids is 1. The van der Waals surface area contributed by atoms with Crippen LogP contribution >= 0.6 is 0 Å². The third-order valence-electron chi connectivity index (χ3n) is 4.55. The molecule has 0 saturated heterocycles. The summed E-state index contributed by atoms with van der Waals surface area (Å²) in [5.41, 5.74) is 3.41. The van der Waals surface area contributed by atoms with E-state index in [0.717, 1.165) is 0 Å². The second-order valence-corrected chi connectivity index (χ2v) is 8.33. The summed E-state index contributed by atoms with van der Waals surface area (Å²) in [7, 11) is -1.06. The summed E-state index contributed by atoms with van der Waals surface area (Å²) in [5.74, 6) is 1.01. The van der Waals surface area contributed by atoms with Gasteiger partial charge >= 0.3 is 10.1 Å². The van der Waals surface area contributed by atoms with Crippen LogP contribution in [0.1, 0.15) is 22.8 Å². The van der Waals surface area contributed by atoms with Crippen molar-refractivity contribution in [3.8, 4) is 23.0 Å². The molecule has 0 fully saturated rings. The van der Waals surface area contributed by atoms with E-state index in [1.54, 1.807) is 50.4 Å². The number of ether oxygens (including phenoxy) is 3. The van der Waals surface area contributed by atoms with Gasteiger partial charge in [-0.1, -0.05) is 0 Å². The molecule has 9 nitrogen and oxygen atoms in total. The van der Waals surface area contributed by atoms with Gasteiger partial charge in [-0.15, -0.1) is 0 Å². The molecule has 0 aromatic heterocycles. The van der Waals surface area contributed by atoms with Crippen LogP contribution in [0.2, 0.25) is 0 Å². The molecule has 0 spiro atoms. The monoisotopic (exact) mass is 484 g/mol. The largest absolute Gasteiger partial charge is 0.497 e. The summed E-state index contributed by atoms with van der Waals surface area (Å²) >= 11 is 0. The molecule has 3 aromatic carbocycles. The number of nitrogens with one attached hydrogen (secondary N) is 1. The minimum Gasteiger partial charge on any atom is -0.497 e. The molecule has 1 amide bonds. The zero-order valence-corrected chi connectivity index (χ0v) is 19.7. The van der Waals surface area contributed by atoms with Crippen molar-refractivity contribution >= 4 is 22.2 Å². The van der Waals surface area contributed by atoms with Crippen molar-refractivity contribution in [2.24, 2.45) is 5.10 Å². The van der Waals surface area contributed by atoms with E-state index in [1.807, 2.05) is 0 Å². The molecule has 0 atom stereocenters. The second kappa shape index (κ2) is 11.2. The average Bonchev–Trinajstić information content (AvgIpc) is 2.85. The Morgan fingerprint density at radius 2 is 1.53 bits per heavy atom. The van der Waals surface area contributed by atoms with E-state index < -0.39 is 16.0 Å². The summed E-state index contributed by atoms with van der Waals surface area (Å²) in [6.07, 6.45) is 1.41. The lowest BCUT2D eigenvalue weighted by molar-refractivity contribution is 0.0955. The molecule has 0 radical (unpaired) electrons. The smallest absolute Gasteiger partial charge is 0.339 e. The lowest BCUT2D eigenvalue weighted by Gasteiger charge is -2.12. The van der Waals surface area contributed by atoms with Crippen LogP contribution in [-0.4, -0.2) is 41.4 Å². The van der Waals surface area contributed by atoms with Gasteiger partial charge in [0.05, 0.1) is 27.0 Å². The highest BCUT2D eigenvalue weighted by molar-refractivity contribution is 7.87. The van der Waals surface area contributed by atoms with Gasteiger partial charge in [-0.25, -0.2) is 5.43 Å². The third kappa shape index (κ3) is 6.26. The fourth-order valence-corrected chi connectivity index (χ4v) is 3.76. The lowest BCUT2D eigenvalue weighted by atomic mass is 10.2. The normalized spacial score (nSPS) is 11.1. The van der Waals surface area contributed by atoms with Crippen molar-refractivity contribution in [1.82, 2.24) is 5.43 Å². The van der Waals surface area contributed by atoms with Gasteiger partial charge in [-0.2, -0.15) is 13.5 Å². The number of amides is 1. The van der Waals surface area contributed by atoms with E-state index >= 15 is 0 Å². The van der Waals surface area contributed by atoms with Crippen molar-refractivity contribution < 1.29 is 31.6 Å². The predicted molar refractivity (Wildman–Crippen MR) is 126 cm³/mol. The van der Waals surface area contributed by atoms with Crippen LogP contribution in [0.25, 0.3) is 0 Å². The number of hydrogen-bond acceptors (Lipinski definition) is 8. The Bertz CT molecular complexity index is 1260. The molecule has 0 aliphatic carbocycles. The summed E-state index contributed by atoms with van der Waals surface area (Å²) in [6.45, 7) is 2.05. The Kier molecular flexibility index (Phi) is 8.10. The van der Waals surface area contributed by atoms with Crippen LogP contribution in [0.15, 0.2) is 76.7 Å². The Morgan fingerprint density at radius 1 is 0.912 bits per heavy atom. The van der Waals surface area contributed by atoms with E-state index in [2.05, 4.69) is 10.5 Å². The number of nitrogens with zero attached hydrogens (tertiary/aromatic N) is 1. The van der Waals surface area contributed by atoms with Gasteiger partial charge < -0.3 is 18.4 Å². The molecule has 178 valence electrons. The quantitative estimate of drug-likeness (QED) is 0.266. The molecular weight excluding hydrogens is 460 g/mol. The van der Waals surface area contributed by atoms with Gasteiger partial charge in [0.2, 0.25) is 0 Å². The minimum absolute atomic E-state index is 0.0251. The molecule has 0 unspecified atom stereocenters. The topological polar surface area (TPSA) is 113 Å². The van der Waals surface area contributed by atoms with E-state index in [-0.39, 0.29) is 23.0 Å². The maximum absolute atomic E-state index is 12.7. The fourth-order valence-electron chi connectivity index (χ4n) is 2.82. The number of hydrogen-bond donors (Lipinski definition) is 1. The van der Waals surface area contributed by atoms with Gasteiger partial charge in [-0.05, 0) is 79.2 Å². The van der Waals surface area contributed by atoms with Crippen LogP contribution in [0.5, 0.6) is 23.0 Å². The predicted octanol–water partition coefficient (Wildman–Crippen LogP) is 3.63. The number of methoxy groups -OCH3 is 2. The molecule has 0 aliphatic heterocycles. The van der Waals surface area contributed by atoms with Crippen LogP contribution in [-0.2, 0) is 10.1 Å². The molecule has 0 heterocycles. The van der Waals surface area contributed by atoms with E-state index in [9.17, 15) is 13.2 Å². The molecule has 0 bridgehead atoms. The molecule has 0 aliphatic rings. The second-order valence-electron chi connectivity index (χ2n) is 6.78. The molecule has 3 rings (SSSR count). The van der Waals surface area contributed by atoms with Crippen LogP contribution < -0.4 is 23.8 Å². The van der Waals surface area contributed by atoms with E-state index in [4.69, 9.17) is 18.4 Å². The van der Waals surface area contributed by atoms with Crippen molar-refractivity contribution in [3.05, 3.63) is 77.9 Å². The Balaban J connectivity index is 1.73. The minimum atomic E-state index is -4.09. The Labute approximate surface area is 198 Å². The van der Waals surface area contributed by atoms with Crippen molar-refractivity contribution in [1.29, 1.82) is 0 Å². The Hall–Kier alpha value is -4.05. The molecule has 10 heteroatoms. The van der Waals surface area contributed by atoms with Gasteiger partial charge in [0, 0.05) is 5.56 Å². The maximum atomic E-state index is 12.7. The summed E-state index contributed by atoms with van der Waals surface area (Å²) in [4.78, 5) is 12.2. The van der Waals surface area contributed by atoms with Crippen molar-refractivity contribution in [2.75, 3.05) is 20.8 Å².